The zero-order chi connectivity index (χ0) is 28.3. The summed E-state index contributed by atoms with van der Waals surface area (Å²) < 4.78 is 27.4. The van der Waals surface area contributed by atoms with Gasteiger partial charge in [-0.25, -0.2) is 4.79 Å². The Kier molecular flexibility index (Phi) is 8.91. The number of carbonyl (C=O) groups excluding carboxylic acids is 4. The molecule has 1 aromatic carbocycles. The topological polar surface area (TPSA) is 195 Å². The molecule has 1 aliphatic rings. The molecular weight excluding hydrogens is 549 g/mol. The minimum atomic E-state index is -1.70. The van der Waals surface area contributed by atoms with Crippen molar-refractivity contribution >= 4 is 52.9 Å². The maximum atomic E-state index is 12.7. The summed E-state index contributed by atoms with van der Waals surface area (Å²) in [7, 11) is 1.05. The van der Waals surface area contributed by atoms with Gasteiger partial charge in [-0.15, -0.1) is 0 Å². The number of nitrogens with one attached hydrogen (secondary N) is 1. The Morgan fingerprint density at radius 3 is 2.16 bits per heavy atom. The van der Waals surface area contributed by atoms with E-state index in [1.807, 2.05) is 0 Å². The number of aromatic nitrogens is 3. The van der Waals surface area contributed by atoms with Crippen molar-refractivity contribution in [2.45, 2.75) is 51.4 Å². The second kappa shape index (κ2) is 11.8. The molecule has 0 amide bonds. The molecule has 0 spiro atoms. The lowest BCUT2D eigenvalue weighted by Crippen LogP contribution is -2.62. The summed E-state index contributed by atoms with van der Waals surface area (Å²) in [5.41, 5.74) is 5.64. The van der Waals surface area contributed by atoms with Gasteiger partial charge in [-0.05, 0) is 6.07 Å². The number of nitrogens with zero attached hydrogens (tertiary/aromatic N) is 3. The molecule has 5 atom stereocenters. The van der Waals surface area contributed by atoms with Crippen LogP contribution in [0.25, 0.3) is 11.3 Å². The monoisotopic (exact) mass is 571 g/mol. The minimum Gasteiger partial charge on any atom is -0.467 e. The van der Waals surface area contributed by atoms with Gasteiger partial charge in [-0.2, -0.15) is 14.8 Å². The highest BCUT2D eigenvalue weighted by Gasteiger charge is 2.55. The maximum Gasteiger partial charge on any atom is 0.339 e. The van der Waals surface area contributed by atoms with E-state index in [9.17, 15) is 19.2 Å². The summed E-state index contributed by atoms with van der Waals surface area (Å²) in [5, 5.41) is 13.0. The molecule has 1 aliphatic heterocycles. The Morgan fingerprint density at radius 2 is 1.58 bits per heavy atom. The summed E-state index contributed by atoms with van der Waals surface area (Å²) in [4.78, 5) is 52.6. The molecule has 0 radical (unpaired) electrons. The number of nitrogens with two attached hydrogens (primary N) is 1. The fraction of sp³-hybridized carbons (Fsp3) is 0.409. The number of nitrogen functional groups attached to an aromatic ring is 1. The highest BCUT2D eigenvalue weighted by molar-refractivity contribution is 6.43. The molecule has 14 nitrogen and oxygen atoms in total. The van der Waals surface area contributed by atoms with Crippen molar-refractivity contribution in [2.24, 2.45) is 0 Å². The average Bonchev–Trinajstić information content (AvgIpc) is 2.82. The van der Waals surface area contributed by atoms with E-state index in [-0.39, 0.29) is 27.1 Å². The summed E-state index contributed by atoms with van der Waals surface area (Å²) >= 11 is 12.5. The molecule has 3 rings (SSSR count). The van der Waals surface area contributed by atoms with Crippen LogP contribution in [0.3, 0.4) is 0 Å². The molecule has 0 aliphatic carbocycles. The van der Waals surface area contributed by atoms with Crippen LogP contribution >= 0.6 is 23.2 Å². The highest BCUT2D eigenvalue weighted by Crippen LogP contribution is 2.36. The van der Waals surface area contributed by atoms with Crippen LogP contribution in [0.5, 0.6) is 0 Å². The van der Waals surface area contributed by atoms with Crippen LogP contribution in [0.2, 0.25) is 10.0 Å². The lowest BCUT2D eigenvalue weighted by atomic mass is 9.97. The summed E-state index contributed by atoms with van der Waals surface area (Å²) in [6.45, 7) is 3.17. The Labute approximate surface area is 225 Å². The van der Waals surface area contributed by atoms with Crippen molar-refractivity contribution in [3.8, 4) is 11.3 Å². The molecule has 1 fully saturated rings. The third-order valence-electron chi connectivity index (χ3n) is 5.19. The Balaban J connectivity index is 2.26. The SMILES string of the molecule is COC(=O)C1OC(n2nc(-c3cccc(Cl)c3Cl)c(N)nc2=N)C(OC(C)=O)C(OC(C)=O)C1OC(C)=O. The van der Waals surface area contributed by atoms with Gasteiger partial charge in [-0.3, -0.25) is 19.8 Å². The lowest BCUT2D eigenvalue weighted by Gasteiger charge is -2.43. The molecule has 38 heavy (non-hydrogen) atoms. The number of anilines is 1. The van der Waals surface area contributed by atoms with Gasteiger partial charge in [0.05, 0.1) is 17.2 Å². The predicted octanol–water partition coefficient (Wildman–Crippen LogP) is 1.18. The largest absolute Gasteiger partial charge is 0.467 e. The Bertz CT molecular complexity index is 1330. The van der Waals surface area contributed by atoms with Crippen molar-refractivity contribution in [1.29, 1.82) is 5.41 Å². The van der Waals surface area contributed by atoms with Crippen molar-refractivity contribution in [3.63, 3.8) is 0 Å². The van der Waals surface area contributed by atoms with E-state index in [0.717, 1.165) is 32.6 Å². The average molecular weight is 572 g/mol. The van der Waals surface area contributed by atoms with Crippen LogP contribution < -0.4 is 11.4 Å². The number of rotatable bonds is 6. The number of methoxy groups -OCH3 is 1. The van der Waals surface area contributed by atoms with Gasteiger partial charge in [-0.1, -0.05) is 35.3 Å². The highest BCUT2D eigenvalue weighted by atomic mass is 35.5. The summed E-state index contributed by atoms with van der Waals surface area (Å²) in [6.07, 6.45) is -8.10. The number of ether oxygens (including phenoxy) is 5. The number of hydrogen-bond acceptors (Lipinski definition) is 13. The minimum absolute atomic E-state index is 0.0283. The smallest absolute Gasteiger partial charge is 0.339 e. The molecule has 2 heterocycles. The molecule has 3 N–H and O–H groups in total. The number of benzene rings is 1. The molecule has 0 bridgehead atoms. The molecule has 0 saturated carbocycles. The van der Waals surface area contributed by atoms with E-state index in [1.54, 1.807) is 12.1 Å². The molecule has 1 saturated heterocycles. The Hall–Kier alpha value is -3.75. The normalized spacial score (nSPS) is 22.7. The number of esters is 4. The third kappa shape index (κ3) is 6.03. The molecule has 16 heteroatoms. The van der Waals surface area contributed by atoms with Gasteiger partial charge < -0.3 is 29.4 Å². The molecule has 204 valence electrons. The van der Waals surface area contributed by atoms with Crippen molar-refractivity contribution in [3.05, 3.63) is 33.9 Å². The zero-order valence-electron chi connectivity index (χ0n) is 20.5. The second-order valence-electron chi connectivity index (χ2n) is 7.91. The van der Waals surface area contributed by atoms with Crippen LogP contribution in [0, 0.1) is 5.41 Å². The maximum absolute atomic E-state index is 12.7. The number of carbonyl (C=O) groups is 4. The fourth-order valence-electron chi connectivity index (χ4n) is 3.77. The first-order valence-corrected chi connectivity index (χ1v) is 11.6. The van der Waals surface area contributed by atoms with Gasteiger partial charge in [0, 0.05) is 26.3 Å². The van der Waals surface area contributed by atoms with Crippen LogP contribution in [0.1, 0.15) is 27.0 Å². The van der Waals surface area contributed by atoms with E-state index >= 15 is 0 Å². The van der Waals surface area contributed by atoms with Gasteiger partial charge >= 0.3 is 23.9 Å². The van der Waals surface area contributed by atoms with Crippen LogP contribution in [0.4, 0.5) is 5.82 Å². The van der Waals surface area contributed by atoms with Crippen LogP contribution in [0.15, 0.2) is 18.2 Å². The quantitative estimate of drug-likeness (QED) is 0.371. The Morgan fingerprint density at radius 1 is 1.00 bits per heavy atom. The first kappa shape index (κ1) is 28.8. The van der Waals surface area contributed by atoms with E-state index in [1.165, 1.54) is 6.07 Å². The first-order valence-electron chi connectivity index (χ1n) is 10.9. The predicted molar refractivity (Wildman–Crippen MR) is 128 cm³/mol. The van der Waals surface area contributed by atoms with Gasteiger partial charge in [0.25, 0.3) is 0 Å². The van der Waals surface area contributed by atoms with E-state index in [0.29, 0.717) is 0 Å². The summed E-state index contributed by atoms with van der Waals surface area (Å²) in [5.74, 6) is -3.79. The van der Waals surface area contributed by atoms with Crippen molar-refractivity contribution in [2.75, 3.05) is 12.8 Å². The number of hydrogen-bond donors (Lipinski definition) is 2. The summed E-state index contributed by atoms with van der Waals surface area (Å²) in [6, 6.07) is 4.66. The van der Waals surface area contributed by atoms with Crippen molar-refractivity contribution < 1.29 is 42.9 Å². The van der Waals surface area contributed by atoms with Gasteiger partial charge in [0.1, 0.15) is 5.69 Å². The van der Waals surface area contributed by atoms with E-state index in [2.05, 4.69) is 10.1 Å². The van der Waals surface area contributed by atoms with Crippen LogP contribution in [-0.4, -0.2) is 70.2 Å². The fourth-order valence-corrected chi connectivity index (χ4v) is 4.16. The third-order valence-corrected chi connectivity index (χ3v) is 6.01. The van der Waals surface area contributed by atoms with Crippen molar-refractivity contribution in [1.82, 2.24) is 14.8 Å². The van der Waals surface area contributed by atoms with Gasteiger partial charge in [0.15, 0.2) is 36.5 Å². The molecule has 2 aromatic rings. The molecular formula is C22H23Cl2N5O9. The first-order chi connectivity index (χ1) is 17.8. The van der Waals surface area contributed by atoms with E-state index in [4.69, 9.17) is 58.0 Å². The molecule has 5 unspecified atom stereocenters. The molecule has 1 aromatic heterocycles. The van der Waals surface area contributed by atoms with Gasteiger partial charge in [0.2, 0.25) is 5.62 Å². The number of halogens is 2. The lowest BCUT2D eigenvalue weighted by molar-refractivity contribution is -0.266. The standard InChI is InChI=1S/C22H23Cl2N5O9/c1-8(30)35-15-16(36-9(2)31)18(21(33)34-4)38-20(17(15)37-10(3)32)29-22(26)27-19(25)14(28-29)11-6-5-7-12(23)13(11)24/h5-7,15-18,20H,1-4H3,(H3,25,26,27). The zero-order valence-corrected chi connectivity index (χ0v) is 22.0. The van der Waals surface area contributed by atoms with E-state index < -0.39 is 60.1 Å². The van der Waals surface area contributed by atoms with Crippen LogP contribution in [-0.2, 0) is 42.9 Å². The second-order valence-corrected chi connectivity index (χ2v) is 8.69.